The molecule has 1 aliphatic heterocycles. The van der Waals surface area contributed by atoms with Crippen molar-refractivity contribution in [3.63, 3.8) is 0 Å². The van der Waals surface area contributed by atoms with Gasteiger partial charge in [0.15, 0.2) is 0 Å². The van der Waals surface area contributed by atoms with Crippen LogP contribution in [0.2, 0.25) is 0 Å². The Morgan fingerprint density at radius 2 is 1.79 bits per heavy atom. The van der Waals surface area contributed by atoms with E-state index in [1.807, 2.05) is 0 Å². The summed E-state index contributed by atoms with van der Waals surface area (Å²) in [6.45, 7) is 2.47. The summed E-state index contributed by atoms with van der Waals surface area (Å²) in [6, 6.07) is 11.1. The second kappa shape index (κ2) is 8.28. The molecule has 0 radical (unpaired) electrons. The Kier molecular flexibility index (Phi) is 5.43. The van der Waals surface area contributed by atoms with E-state index in [9.17, 15) is 17.6 Å². The van der Waals surface area contributed by atoms with E-state index in [1.54, 1.807) is 42.2 Å². The van der Waals surface area contributed by atoms with Crippen molar-refractivity contribution >= 4 is 38.7 Å². The van der Waals surface area contributed by atoms with Gasteiger partial charge in [-0.05, 0) is 31.2 Å². The zero-order chi connectivity index (χ0) is 23.2. The molecule has 9 nitrogen and oxygen atoms in total. The van der Waals surface area contributed by atoms with Crippen molar-refractivity contribution < 1.29 is 17.6 Å². The molecule has 5 rings (SSSR count). The summed E-state index contributed by atoms with van der Waals surface area (Å²) in [6.07, 6.45) is 1.42. The van der Waals surface area contributed by atoms with Crippen LogP contribution in [0.5, 0.6) is 0 Å². The molecule has 1 aliphatic rings. The maximum Gasteiger partial charge on any atom is 0.257 e. The molecule has 2 aromatic carbocycles. The van der Waals surface area contributed by atoms with Gasteiger partial charge in [0.1, 0.15) is 27.4 Å². The predicted octanol–water partition coefficient (Wildman–Crippen LogP) is 2.47. The molecule has 1 fully saturated rings. The van der Waals surface area contributed by atoms with Crippen molar-refractivity contribution in [1.29, 1.82) is 0 Å². The highest BCUT2D eigenvalue weighted by atomic mass is 32.2. The molecule has 0 atom stereocenters. The first kappa shape index (κ1) is 21.6. The first-order valence-electron chi connectivity index (χ1n) is 10.2. The molecule has 170 valence electrons. The minimum atomic E-state index is -3.78. The van der Waals surface area contributed by atoms with E-state index in [0.717, 1.165) is 11.7 Å². The van der Waals surface area contributed by atoms with Gasteiger partial charge in [0, 0.05) is 26.2 Å². The second-order valence-electron chi connectivity index (χ2n) is 7.59. The van der Waals surface area contributed by atoms with Crippen LogP contribution < -0.4 is 0 Å². The Morgan fingerprint density at radius 3 is 2.55 bits per heavy atom. The van der Waals surface area contributed by atoms with Crippen LogP contribution in [0.1, 0.15) is 16.1 Å². The third-order valence-corrected chi connectivity index (χ3v) is 8.19. The van der Waals surface area contributed by atoms with E-state index < -0.39 is 15.8 Å². The second-order valence-corrected chi connectivity index (χ2v) is 10.0. The van der Waals surface area contributed by atoms with Crippen molar-refractivity contribution in [3.05, 3.63) is 65.7 Å². The SMILES string of the molecule is Cc1c(C(=O)N2CCN(S(=O)(=O)c3cccc4nsnc34)CC2)cnn1-c1ccccc1F. The van der Waals surface area contributed by atoms with Crippen LogP contribution in [0, 0.1) is 12.7 Å². The van der Waals surface area contributed by atoms with Gasteiger partial charge in [0.25, 0.3) is 5.91 Å². The molecule has 2 aromatic heterocycles. The van der Waals surface area contributed by atoms with Gasteiger partial charge in [0.05, 0.1) is 29.2 Å². The quantitative estimate of drug-likeness (QED) is 0.439. The fourth-order valence-corrected chi connectivity index (χ4v) is 6.09. The van der Waals surface area contributed by atoms with Crippen molar-refractivity contribution in [2.45, 2.75) is 11.8 Å². The number of carbonyl (C=O) groups is 1. The van der Waals surface area contributed by atoms with Gasteiger partial charge in [-0.1, -0.05) is 18.2 Å². The molecule has 0 spiro atoms. The van der Waals surface area contributed by atoms with Crippen LogP contribution in [-0.4, -0.2) is 68.2 Å². The minimum Gasteiger partial charge on any atom is -0.336 e. The number of sulfonamides is 1. The standard InChI is InChI=1S/C21H19FN6O3S2/c1-14-15(13-23-28(14)18-7-3-2-5-16(18)22)21(29)26-9-11-27(12-10-26)33(30,31)19-8-4-6-17-20(19)25-32-24-17/h2-8,13H,9-12H2,1H3. The average Bonchev–Trinajstić information content (AvgIpc) is 3.45. The van der Waals surface area contributed by atoms with Gasteiger partial charge < -0.3 is 4.90 Å². The van der Waals surface area contributed by atoms with E-state index in [2.05, 4.69) is 13.8 Å². The highest BCUT2D eigenvalue weighted by Gasteiger charge is 2.33. The monoisotopic (exact) mass is 486 g/mol. The lowest BCUT2D eigenvalue weighted by molar-refractivity contribution is 0.0697. The average molecular weight is 487 g/mol. The van der Waals surface area contributed by atoms with Gasteiger partial charge in [-0.2, -0.15) is 18.2 Å². The first-order valence-corrected chi connectivity index (χ1v) is 12.3. The normalized spacial score (nSPS) is 15.3. The lowest BCUT2D eigenvalue weighted by Crippen LogP contribution is -2.50. The summed E-state index contributed by atoms with van der Waals surface area (Å²) in [5.74, 6) is -0.704. The molecule has 0 unspecified atom stereocenters. The number of piperazine rings is 1. The number of para-hydroxylation sites is 1. The molecule has 0 saturated carbocycles. The maximum atomic E-state index is 14.2. The fraction of sp³-hybridized carbons (Fsp3) is 0.238. The molecule has 0 aliphatic carbocycles. The van der Waals surface area contributed by atoms with Crippen LogP contribution in [0.15, 0.2) is 53.6 Å². The van der Waals surface area contributed by atoms with Crippen molar-refractivity contribution in [3.8, 4) is 5.69 Å². The highest BCUT2D eigenvalue weighted by Crippen LogP contribution is 2.26. The van der Waals surface area contributed by atoms with E-state index in [0.29, 0.717) is 22.3 Å². The molecule has 4 aromatic rings. The summed E-state index contributed by atoms with van der Waals surface area (Å²) >= 11 is 0.967. The van der Waals surface area contributed by atoms with Crippen LogP contribution >= 0.6 is 11.7 Å². The topological polar surface area (TPSA) is 101 Å². The molecule has 1 amide bonds. The lowest BCUT2D eigenvalue weighted by atomic mass is 10.2. The summed E-state index contributed by atoms with van der Waals surface area (Å²) in [5.41, 5.74) is 2.03. The number of benzene rings is 2. The van der Waals surface area contributed by atoms with Gasteiger partial charge in [-0.15, -0.1) is 0 Å². The smallest absolute Gasteiger partial charge is 0.257 e. The zero-order valence-electron chi connectivity index (χ0n) is 17.5. The third kappa shape index (κ3) is 3.69. The number of fused-ring (bicyclic) bond motifs is 1. The third-order valence-electron chi connectivity index (χ3n) is 5.71. The number of amides is 1. The van der Waals surface area contributed by atoms with Gasteiger partial charge in [-0.3, -0.25) is 4.79 Å². The summed E-state index contributed by atoms with van der Waals surface area (Å²) in [5, 5.41) is 4.19. The fourth-order valence-electron chi connectivity index (χ4n) is 3.92. The molecular weight excluding hydrogens is 467 g/mol. The molecule has 33 heavy (non-hydrogen) atoms. The number of hydrogen-bond acceptors (Lipinski definition) is 7. The number of rotatable bonds is 4. The molecule has 12 heteroatoms. The van der Waals surface area contributed by atoms with Crippen LogP contribution in [0.3, 0.4) is 0 Å². The zero-order valence-corrected chi connectivity index (χ0v) is 19.2. The van der Waals surface area contributed by atoms with Crippen LogP contribution in [0.4, 0.5) is 4.39 Å². The van der Waals surface area contributed by atoms with E-state index in [1.165, 1.54) is 27.3 Å². The molecule has 0 N–H and O–H groups in total. The van der Waals surface area contributed by atoms with Gasteiger partial charge >= 0.3 is 0 Å². The molecule has 0 bridgehead atoms. The van der Waals surface area contributed by atoms with Crippen molar-refractivity contribution in [1.82, 2.24) is 27.7 Å². The van der Waals surface area contributed by atoms with Crippen molar-refractivity contribution in [2.24, 2.45) is 0 Å². The number of halogens is 1. The van der Waals surface area contributed by atoms with E-state index in [-0.39, 0.29) is 42.7 Å². The Morgan fingerprint density at radius 1 is 1.03 bits per heavy atom. The predicted molar refractivity (Wildman–Crippen MR) is 120 cm³/mol. The van der Waals surface area contributed by atoms with Gasteiger partial charge in [0.2, 0.25) is 10.0 Å². The Bertz CT molecular complexity index is 1460. The number of carbonyl (C=O) groups excluding carboxylic acids is 1. The van der Waals surface area contributed by atoms with E-state index in [4.69, 9.17) is 0 Å². The number of aromatic nitrogens is 4. The highest BCUT2D eigenvalue weighted by molar-refractivity contribution is 7.89. The van der Waals surface area contributed by atoms with Crippen molar-refractivity contribution in [2.75, 3.05) is 26.2 Å². The Hall–Kier alpha value is -3.22. The Labute approximate surface area is 193 Å². The Balaban J connectivity index is 1.33. The number of nitrogens with zero attached hydrogens (tertiary/aromatic N) is 6. The van der Waals surface area contributed by atoms with Crippen LogP contribution in [0.25, 0.3) is 16.7 Å². The molecule has 3 heterocycles. The summed E-state index contributed by atoms with van der Waals surface area (Å²) in [4.78, 5) is 14.8. The summed E-state index contributed by atoms with van der Waals surface area (Å²) in [7, 11) is -3.78. The first-order chi connectivity index (χ1) is 15.9. The molecule has 1 saturated heterocycles. The van der Waals surface area contributed by atoms with Crippen LogP contribution in [-0.2, 0) is 10.0 Å². The van der Waals surface area contributed by atoms with Gasteiger partial charge in [-0.25, -0.2) is 17.5 Å². The minimum absolute atomic E-state index is 0.121. The summed E-state index contributed by atoms with van der Waals surface area (Å²) < 4.78 is 51.6. The number of hydrogen-bond donors (Lipinski definition) is 0. The maximum absolute atomic E-state index is 14.2. The lowest BCUT2D eigenvalue weighted by Gasteiger charge is -2.34. The van der Waals surface area contributed by atoms with E-state index >= 15 is 0 Å². The largest absolute Gasteiger partial charge is 0.336 e. The molecular formula is C21H19FN6O3S2.